The Bertz CT molecular complexity index is 2000. The number of hydrogen-bond acceptors (Lipinski definition) is 7. The van der Waals surface area contributed by atoms with Gasteiger partial charge in [-0.1, -0.05) is 59.9 Å². The van der Waals surface area contributed by atoms with Crippen LogP contribution in [0.25, 0.3) is 28.0 Å². The molecule has 6 aromatic rings. The van der Waals surface area contributed by atoms with E-state index in [1.54, 1.807) is 10.8 Å². The lowest BCUT2D eigenvalue weighted by Crippen LogP contribution is -2.28. The third-order valence-electron chi connectivity index (χ3n) is 6.46. The number of thiazole rings is 1. The second-order valence-electron chi connectivity index (χ2n) is 9.26. The highest BCUT2D eigenvalue weighted by atomic mass is 32.1. The molecular weight excluding hydrogens is 522 g/mol. The molecule has 0 fully saturated rings. The largest absolute Gasteiger partial charge is 0.494 e. The van der Waals surface area contributed by atoms with Crippen molar-refractivity contribution in [3.8, 4) is 22.7 Å². The summed E-state index contributed by atoms with van der Waals surface area (Å²) in [6.07, 6.45) is 3.99. The maximum absolute atomic E-state index is 13.4. The Labute approximate surface area is 233 Å². The van der Waals surface area contributed by atoms with Crippen LogP contribution in [0.2, 0.25) is 0 Å². The molecule has 0 spiro atoms. The van der Waals surface area contributed by atoms with Crippen LogP contribution in [0.5, 0.6) is 5.75 Å². The number of aryl methyl sites for hydroxylation is 1. The molecule has 0 aliphatic carbocycles. The van der Waals surface area contributed by atoms with Crippen LogP contribution in [0.1, 0.15) is 29.3 Å². The van der Waals surface area contributed by atoms with Crippen LogP contribution >= 0.6 is 11.3 Å². The van der Waals surface area contributed by atoms with Gasteiger partial charge in [-0.25, -0.2) is 4.68 Å². The van der Waals surface area contributed by atoms with Crippen molar-refractivity contribution in [2.24, 2.45) is 0 Å². The molecule has 0 saturated heterocycles. The molecule has 0 amide bonds. The number of benzene rings is 3. The Hall–Kier alpha value is -4.89. The summed E-state index contributed by atoms with van der Waals surface area (Å²) in [5, 5.41) is 9.27. The van der Waals surface area contributed by atoms with Gasteiger partial charge in [0.2, 0.25) is 4.96 Å². The van der Waals surface area contributed by atoms with Gasteiger partial charge in [-0.15, -0.1) is 0 Å². The van der Waals surface area contributed by atoms with Gasteiger partial charge in [-0.2, -0.15) is 19.7 Å². The molecule has 0 radical (unpaired) electrons. The number of aromatic nitrogens is 5. The molecule has 0 saturated carbocycles. The minimum atomic E-state index is -0.431. The van der Waals surface area contributed by atoms with E-state index in [0.29, 0.717) is 23.3 Å². The summed E-state index contributed by atoms with van der Waals surface area (Å²) in [4.78, 5) is 30.6. The fourth-order valence-electron chi connectivity index (χ4n) is 4.53. The number of fused-ring (bicyclic) bond motifs is 1. The highest BCUT2D eigenvalue weighted by molar-refractivity contribution is 7.15. The molecule has 9 heteroatoms. The van der Waals surface area contributed by atoms with Crippen molar-refractivity contribution in [1.82, 2.24) is 24.4 Å². The summed E-state index contributed by atoms with van der Waals surface area (Å²) in [5.41, 5.74) is 4.64. The minimum absolute atomic E-state index is 0.229. The highest BCUT2D eigenvalue weighted by Gasteiger charge is 2.15. The van der Waals surface area contributed by atoms with Crippen LogP contribution in [0.4, 0.5) is 0 Å². The zero-order valence-electron chi connectivity index (χ0n) is 21.9. The van der Waals surface area contributed by atoms with Crippen molar-refractivity contribution >= 4 is 22.4 Å². The van der Waals surface area contributed by atoms with E-state index in [4.69, 9.17) is 9.84 Å². The van der Waals surface area contributed by atoms with Crippen LogP contribution < -0.4 is 20.4 Å². The first-order valence-corrected chi connectivity index (χ1v) is 13.7. The van der Waals surface area contributed by atoms with E-state index < -0.39 is 5.56 Å². The summed E-state index contributed by atoms with van der Waals surface area (Å²) in [7, 11) is 0. The summed E-state index contributed by atoms with van der Waals surface area (Å²) < 4.78 is 9.14. The zero-order chi connectivity index (χ0) is 27.6. The molecule has 0 aliphatic rings. The molecule has 3 heterocycles. The highest BCUT2D eigenvalue weighted by Crippen LogP contribution is 2.29. The molecular formula is C31H25N5O3S. The fourth-order valence-corrected chi connectivity index (χ4v) is 5.42. The van der Waals surface area contributed by atoms with Gasteiger partial charge in [0, 0.05) is 23.7 Å². The molecule has 0 N–H and O–H groups in total. The van der Waals surface area contributed by atoms with Crippen molar-refractivity contribution < 1.29 is 4.74 Å². The summed E-state index contributed by atoms with van der Waals surface area (Å²) in [6.45, 7) is 4.53. The third kappa shape index (κ3) is 4.94. The van der Waals surface area contributed by atoms with Crippen LogP contribution in [0.15, 0.2) is 94.6 Å². The molecule has 3 aromatic carbocycles. The van der Waals surface area contributed by atoms with Crippen molar-refractivity contribution in [1.29, 1.82) is 0 Å². The predicted octanol–water partition coefficient (Wildman–Crippen LogP) is 4.21. The number of ether oxygens (including phenoxy) is 1. The lowest BCUT2D eigenvalue weighted by Gasteiger charge is -2.08. The molecule has 0 bridgehead atoms. The topological polar surface area (TPSA) is 91.4 Å². The Balaban J connectivity index is 1.49. The molecule has 0 aliphatic heterocycles. The average Bonchev–Trinajstić information content (AvgIpc) is 3.52. The second kappa shape index (κ2) is 10.7. The quantitative estimate of drug-likeness (QED) is 0.297. The first kappa shape index (κ1) is 25.4. The number of para-hydroxylation sites is 1. The van der Waals surface area contributed by atoms with E-state index in [0.717, 1.165) is 45.0 Å². The summed E-state index contributed by atoms with van der Waals surface area (Å²) in [5.74, 6) is 0.818. The van der Waals surface area contributed by atoms with Crippen molar-refractivity contribution in [2.45, 2.75) is 20.3 Å². The number of nitrogens with zero attached hydrogens (tertiary/aromatic N) is 5. The van der Waals surface area contributed by atoms with Crippen molar-refractivity contribution in [3.05, 3.63) is 133 Å². The van der Waals surface area contributed by atoms with Gasteiger partial charge in [0.15, 0.2) is 0 Å². The maximum Gasteiger partial charge on any atom is 0.296 e. The van der Waals surface area contributed by atoms with Crippen molar-refractivity contribution in [2.75, 3.05) is 6.61 Å². The molecule has 40 heavy (non-hydrogen) atoms. The Morgan fingerprint density at radius 1 is 0.950 bits per heavy atom. The van der Waals surface area contributed by atoms with Crippen molar-refractivity contribution in [3.63, 3.8) is 0 Å². The van der Waals surface area contributed by atoms with Crippen LogP contribution in [-0.2, 0) is 6.42 Å². The zero-order valence-corrected chi connectivity index (χ0v) is 22.8. The Morgan fingerprint density at radius 2 is 1.70 bits per heavy atom. The molecule has 0 unspecified atom stereocenters. The van der Waals surface area contributed by atoms with Crippen LogP contribution in [0.3, 0.4) is 0 Å². The van der Waals surface area contributed by atoms with Gasteiger partial charge in [0.25, 0.3) is 11.1 Å². The predicted molar refractivity (Wildman–Crippen MR) is 156 cm³/mol. The molecule has 3 aromatic heterocycles. The summed E-state index contributed by atoms with van der Waals surface area (Å²) in [6, 6.07) is 25.2. The second-order valence-corrected chi connectivity index (χ2v) is 10.3. The fraction of sp³-hybridized carbons (Fsp3) is 0.129. The lowest BCUT2D eigenvalue weighted by molar-refractivity contribution is 0.338. The van der Waals surface area contributed by atoms with E-state index >= 15 is 0 Å². The molecule has 8 nitrogen and oxygen atoms in total. The Kier molecular flexibility index (Phi) is 6.79. The first-order valence-electron chi connectivity index (χ1n) is 12.9. The molecule has 198 valence electrons. The van der Waals surface area contributed by atoms with Gasteiger partial charge in [0.1, 0.15) is 17.1 Å². The SMILES string of the molecule is CCOc1ccc(-c2nn(-c3ccccc3)cc2/C=c2\sc3nc(=O)c(Cc4ccccc4)nn3c2=O)cc1C. The van der Waals surface area contributed by atoms with E-state index in [1.807, 2.05) is 98.9 Å². The maximum atomic E-state index is 13.4. The van der Waals surface area contributed by atoms with Gasteiger partial charge in [-0.05, 0) is 61.4 Å². The summed E-state index contributed by atoms with van der Waals surface area (Å²) >= 11 is 1.13. The molecule has 6 rings (SSSR count). The van der Waals surface area contributed by atoms with Gasteiger partial charge in [0.05, 0.1) is 16.8 Å². The Morgan fingerprint density at radius 3 is 2.42 bits per heavy atom. The van der Waals surface area contributed by atoms with E-state index in [1.165, 1.54) is 4.52 Å². The van der Waals surface area contributed by atoms with E-state index in [9.17, 15) is 9.59 Å². The number of hydrogen-bond donors (Lipinski definition) is 0. The first-order chi connectivity index (χ1) is 19.5. The lowest BCUT2D eigenvalue weighted by atomic mass is 10.0. The normalized spacial score (nSPS) is 11.8. The van der Waals surface area contributed by atoms with Gasteiger partial charge < -0.3 is 4.74 Å². The third-order valence-corrected chi connectivity index (χ3v) is 7.42. The minimum Gasteiger partial charge on any atom is -0.494 e. The number of rotatable bonds is 7. The van der Waals surface area contributed by atoms with Crippen LogP contribution in [0, 0.1) is 6.92 Å². The van der Waals surface area contributed by atoms with Gasteiger partial charge >= 0.3 is 0 Å². The monoisotopic (exact) mass is 547 g/mol. The smallest absolute Gasteiger partial charge is 0.296 e. The molecule has 0 atom stereocenters. The van der Waals surface area contributed by atoms with E-state index in [2.05, 4.69) is 10.1 Å². The standard InChI is InChI=1S/C31H25N5O3S/c1-3-39-26-15-14-22(16-20(26)2)28-23(19-35(34-28)24-12-8-5-9-13-24)18-27-30(38)36-31(40-27)32-29(37)25(33-36)17-21-10-6-4-7-11-21/h4-16,18-19H,3,17H2,1-2H3/b27-18-. The van der Waals surface area contributed by atoms with Crippen LogP contribution in [-0.4, -0.2) is 31.0 Å². The van der Waals surface area contributed by atoms with Gasteiger partial charge in [-0.3, -0.25) is 9.59 Å². The van der Waals surface area contributed by atoms with E-state index in [-0.39, 0.29) is 16.2 Å². The average molecular weight is 548 g/mol.